The van der Waals surface area contributed by atoms with Gasteiger partial charge in [-0.3, -0.25) is 0 Å². The first-order chi connectivity index (χ1) is 12.8. The predicted octanol–water partition coefficient (Wildman–Crippen LogP) is 5.38. The fraction of sp³-hybridized carbons (Fsp3) is 0.417. The van der Waals surface area contributed by atoms with Gasteiger partial charge in [-0.25, -0.2) is 0 Å². The third-order valence-corrected chi connectivity index (χ3v) is 5.89. The molecule has 3 heteroatoms. The van der Waals surface area contributed by atoms with Gasteiger partial charge in [0.2, 0.25) is 0 Å². The zero-order valence-corrected chi connectivity index (χ0v) is 16.3. The summed E-state index contributed by atoms with van der Waals surface area (Å²) in [7, 11) is 0. The highest BCUT2D eigenvalue weighted by Gasteiger charge is 2.45. The number of allylic oxidation sites excluding steroid dienone is 4. The van der Waals surface area contributed by atoms with E-state index < -0.39 is 5.60 Å². The molecule has 3 N–H and O–H groups in total. The van der Waals surface area contributed by atoms with Gasteiger partial charge >= 0.3 is 0 Å². The molecule has 0 amide bonds. The monoisotopic (exact) mass is 366 g/mol. The minimum Gasteiger partial charge on any atom is -0.512 e. The lowest BCUT2D eigenvalue weighted by molar-refractivity contribution is 0.0328. The molecule has 3 nitrogen and oxygen atoms in total. The first-order valence-corrected chi connectivity index (χ1v) is 9.75. The van der Waals surface area contributed by atoms with Crippen molar-refractivity contribution in [3.8, 4) is 5.75 Å². The number of rotatable bonds is 5. The number of aliphatic hydroxyl groups is 2. The lowest BCUT2D eigenvalue weighted by Gasteiger charge is -2.42. The number of phenols is 1. The fourth-order valence-electron chi connectivity index (χ4n) is 4.36. The highest BCUT2D eigenvalue weighted by atomic mass is 16.3. The first-order valence-electron chi connectivity index (χ1n) is 9.75. The van der Waals surface area contributed by atoms with E-state index in [0.717, 1.165) is 36.8 Å². The molecule has 3 atom stereocenters. The van der Waals surface area contributed by atoms with Crippen molar-refractivity contribution in [3.05, 3.63) is 77.1 Å². The Hall–Kier alpha value is -2.26. The van der Waals surface area contributed by atoms with E-state index >= 15 is 0 Å². The highest BCUT2D eigenvalue weighted by molar-refractivity contribution is 5.41. The van der Waals surface area contributed by atoms with Gasteiger partial charge in [-0.15, -0.1) is 0 Å². The Morgan fingerprint density at radius 1 is 1.19 bits per heavy atom. The second kappa shape index (κ2) is 7.77. The normalized spacial score (nSPS) is 28.2. The average molecular weight is 367 g/mol. The summed E-state index contributed by atoms with van der Waals surface area (Å²) in [6.07, 6.45) is 10.5. The Morgan fingerprint density at radius 3 is 2.52 bits per heavy atom. The van der Waals surface area contributed by atoms with Crippen molar-refractivity contribution < 1.29 is 15.3 Å². The van der Waals surface area contributed by atoms with Crippen molar-refractivity contribution >= 4 is 0 Å². The van der Waals surface area contributed by atoms with Crippen molar-refractivity contribution in [2.75, 3.05) is 0 Å². The van der Waals surface area contributed by atoms with Gasteiger partial charge in [0.15, 0.2) is 0 Å². The molecule has 2 aliphatic carbocycles. The zero-order chi connectivity index (χ0) is 19.6. The number of benzene rings is 1. The van der Waals surface area contributed by atoms with Crippen LogP contribution in [0, 0.1) is 11.8 Å². The van der Waals surface area contributed by atoms with E-state index in [-0.39, 0.29) is 23.3 Å². The van der Waals surface area contributed by atoms with Crippen molar-refractivity contribution in [2.45, 2.75) is 51.6 Å². The maximum absolute atomic E-state index is 11.5. The Bertz CT molecular complexity index is 797. The molecule has 144 valence electrons. The average Bonchev–Trinajstić information content (AvgIpc) is 2.61. The van der Waals surface area contributed by atoms with Gasteiger partial charge in [-0.2, -0.15) is 0 Å². The Morgan fingerprint density at radius 2 is 1.89 bits per heavy atom. The van der Waals surface area contributed by atoms with Crippen LogP contribution in [0.15, 0.2) is 71.6 Å². The molecular weight excluding hydrogens is 336 g/mol. The summed E-state index contributed by atoms with van der Waals surface area (Å²) in [6.45, 7) is 7.98. The minimum absolute atomic E-state index is 0.117. The van der Waals surface area contributed by atoms with E-state index in [1.807, 2.05) is 31.2 Å². The summed E-state index contributed by atoms with van der Waals surface area (Å²) in [5.74, 6) is 0.248. The maximum Gasteiger partial charge on any atom is 0.115 e. The lowest BCUT2D eigenvalue weighted by atomic mass is 9.67. The van der Waals surface area contributed by atoms with Crippen LogP contribution in [0.3, 0.4) is 0 Å². The molecule has 1 aromatic rings. The number of hydrogen-bond donors (Lipinski definition) is 3. The maximum atomic E-state index is 11.5. The van der Waals surface area contributed by atoms with Gasteiger partial charge in [0, 0.05) is 0 Å². The molecule has 0 aromatic heterocycles. The molecule has 2 aliphatic rings. The van der Waals surface area contributed by atoms with Gasteiger partial charge in [-0.05, 0) is 92.9 Å². The molecule has 0 aliphatic heterocycles. The van der Waals surface area contributed by atoms with Crippen LogP contribution >= 0.6 is 0 Å². The molecule has 0 bridgehead atoms. The van der Waals surface area contributed by atoms with Gasteiger partial charge in [0.05, 0.1) is 11.7 Å². The zero-order valence-electron chi connectivity index (χ0n) is 16.3. The van der Waals surface area contributed by atoms with Crippen molar-refractivity contribution in [3.63, 3.8) is 0 Å². The molecule has 1 aromatic carbocycles. The Kier molecular flexibility index (Phi) is 5.61. The third-order valence-electron chi connectivity index (χ3n) is 5.89. The Balaban J connectivity index is 1.84. The second-order valence-electron chi connectivity index (χ2n) is 8.11. The van der Waals surface area contributed by atoms with Gasteiger partial charge in [0.1, 0.15) is 11.4 Å². The summed E-state index contributed by atoms with van der Waals surface area (Å²) >= 11 is 0. The van der Waals surface area contributed by atoms with Crippen LogP contribution < -0.4 is 0 Å². The molecular formula is C24H30O3. The molecule has 0 radical (unpaired) electrons. The molecule has 0 saturated carbocycles. The van der Waals surface area contributed by atoms with E-state index in [0.29, 0.717) is 12.0 Å². The first kappa shape index (κ1) is 19.5. The minimum atomic E-state index is -1.23. The molecule has 0 heterocycles. The standard InChI is InChI=1S/C24H30O3/c1-16(2)24(27)15-19(8-7-18-9-11-21(25)12-10-18)14-22(26)23(24)20-6-4-5-17(3)13-20/h9-15,20,23,25-27H,1,4-8H2,2-3H3. The number of aromatic hydroxyl groups is 1. The van der Waals surface area contributed by atoms with Gasteiger partial charge < -0.3 is 15.3 Å². The van der Waals surface area contributed by atoms with Crippen molar-refractivity contribution in [1.29, 1.82) is 0 Å². The number of aliphatic hydroxyl groups excluding tert-OH is 1. The van der Waals surface area contributed by atoms with Crippen LogP contribution in [0.4, 0.5) is 0 Å². The van der Waals surface area contributed by atoms with Gasteiger partial charge in [0.25, 0.3) is 0 Å². The SMILES string of the molecule is C=C(C)C1(O)C=C(CCc2ccc(O)cc2)C=C(O)C1C1C=C(C)CCC1. The molecule has 3 unspecified atom stereocenters. The third kappa shape index (κ3) is 4.19. The summed E-state index contributed by atoms with van der Waals surface area (Å²) in [4.78, 5) is 0. The van der Waals surface area contributed by atoms with Crippen molar-refractivity contribution in [1.82, 2.24) is 0 Å². The summed E-state index contributed by atoms with van der Waals surface area (Å²) in [6, 6.07) is 7.14. The van der Waals surface area contributed by atoms with E-state index in [2.05, 4.69) is 19.6 Å². The second-order valence-corrected chi connectivity index (χ2v) is 8.11. The summed E-state index contributed by atoms with van der Waals surface area (Å²) in [5, 5.41) is 31.7. The number of phenolic OH excluding ortho intramolecular Hbond substituents is 1. The molecule has 3 rings (SSSR count). The Labute approximate surface area is 162 Å². The largest absolute Gasteiger partial charge is 0.512 e. The van der Waals surface area contributed by atoms with Crippen LogP contribution in [-0.4, -0.2) is 20.9 Å². The van der Waals surface area contributed by atoms with Crippen LogP contribution in [0.1, 0.15) is 45.1 Å². The van der Waals surface area contributed by atoms with Gasteiger partial charge in [-0.1, -0.05) is 30.4 Å². The summed E-state index contributed by atoms with van der Waals surface area (Å²) in [5.41, 5.74) is 2.77. The summed E-state index contributed by atoms with van der Waals surface area (Å²) < 4.78 is 0. The topological polar surface area (TPSA) is 60.7 Å². The van der Waals surface area contributed by atoms with Crippen LogP contribution in [0.2, 0.25) is 0 Å². The number of aryl methyl sites for hydroxylation is 1. The molecule has 0 saturated heterocycles. The predicted molar refractivity (Wildman–Crippen MR) is 110 cm³/mol. The molecule has 0 fully saturated rings. The molecule has 27 heavy (non-hydrogen) atoms. The quantitative estimate of drug-likeness (QED) is 0.613. The van der Waals surface area contributed by atoms with E-state index in [1.54, 1.807) is 12.1 Å². The fourth-order valence-corrected chi connectivity index (χ4v) is 4.36. The van der Waals surface area contributed by atoms with E-state index in [1.165, 1.54) is 5.57 Å². The van der Waals surface area contributed by atoms with Crippen LogP contribution in [0.25, 0.3) is 0 Å². The smallest absolute Gasteiger partial charge is 0.115 e. The van der Waals surface area contributed by atoms with Crippen LogP contribution in [0.5, 0.6) is 5.75 Å². The van der Waals surface area contributed by atoms with Crippen LogP contribution in [-0.2, 0) is 6.42 Å². The highest BCUT2D eigenvalue weighted by Crippen LogP contribution is 2.45. The van der Waals surface area contributed by atoms with E-state index in [4.69, 9.17) is 0 Å². The van der Waals surface area contributed by atoms with E-state index in [9.17, 15) is 15.3 Å². The number of hydrogen-bond acceptors (Lipinski definition) is 3. The van der Waals surface area contributed by atoms with Crippen molar-refractivity contribution in [2.24, 2.45) is 11.8 Å². The lowest BCUT2D eigenvalue weighted by Crippen LogP contribution is -2.44. The molecule has 0 spiro atoms.